The molecule has 6 nitrogen and oxygen atoms in total. The standard InChI is InChI=1S/C19H24N6S.HI/c1-2-20-19(21-10-6-12-25-13-7-11-23-25)22-14-17-15-26-18(24-17)16-8-4-3-5-9-16;/h3-5,7-9,11,13,15H,2,6,10,12,14H2,1H3,(H2,20,21,22);1H. The molecule has 2 N–H and O–H groups in total. The van der Waals surface area contributed by atoms with Crippen LogP contribution in [0, 0.1) is 0 Å². The lowest BCUT2D eigenvalue weighted by Crippen LogP contribution is -2.38. The molecule has 0 aliphatic rings. The van der Waals surface area contributed by atoms with E-state index in [2.05, 4.69) is 50.1 Å². The maximum atomic E-state index is 4.69. The maximum absolute atomic E-state index is 4.69. The maximum Gasteiger partial charge on any atom is 0.191 e. The second kappa shape index (κ2) is 11.7. The summed E-state index contributed by atoms with van der Waals surface area (Å²) in [6.45, 7) is 5.20. The highest BCUT2D eigenvalue weighted by Gasteiger charge is 2.04. The SMILES string of the molecule is CCNC(=NCc1csc(-c2ccccc2)n1)NCCCn1cccn1.I. The Morgan fingerprint density at radius 3 is 2.78 bits per heavy atom. The van der Waals surface area contributed by atoms with E-state index < -0.39 is 0 Å². The number of guanidine groups is 1. The molecular weight excluding hydrogens is 471 g/mol. The lowest BCUT2D eigenvalue weighted by atomic mass is 10.2. The first-order valence-corrected chi connectivity index (χ1v) is 9.72. The minimum atomic E-state index is 0. The van der Waals surface area contributed by atoms with E-state index in [4.69, 9.17) is 0 Å². The van der Waals surface area contributed by atoms with Gasteiger partial charge >= 0.3 is 0 Å². The molecule has 0 fully saturated rings. The normalized spacial score (nSPS) is 11.1. The smallest absolute Gasteiger partial charge is 0.191 e. The van der Waals surface area contributed by atoms with Crippen molar-refractivity contribution in [2.45, 2.75) is 26.4 Å². The second-order valence-electron chi connectivity index (χ2n) is 5.75. The Labute approximate surface area is 181 Å². The van der Waals surface area contributed by atoms with Gasteiger partial charge in [0.05, 0.1) is 12.2 Å². The Hall–Kier alpha value is -1.94. The Morgan fingerprint density at radius 2 is 2.04 bits per heavy atom. The lowest BCUT2D eigenvalue weighted by Gasteiger charge is -2.11. The summed E-state index contributed by atoms with van der Waals surface area (Å²) in [6, 6.07) is 12.2. The van der Waals surface area contributed by atoms with Crippen LogP contribution >= 0.6 is 35.3 Å². The molecule has 0 amide bonds. The fraction of sp³-hybridized carbons (Fsp3) is 0.316. The van der Waals surface area contributed by atoms with Gasteiger partial charge in [-0.3, -0.25) is 4.68 Å². The van der Waals surface area contributed by atoms with Crippen molar-refractivity contribution in [3.05, 3.63) is 59.9 Å². The molecule has 144 valence electrons. The van der Waals surface area contributed by atoms with E-state index in [0.717, 1.165) is 48.3 Å². The highest BCUT2D eigenvalue weighted by molar-refractivity contribution is 14.0. The highest BCUT2D eigenvalue weighted by Crippen LogP contribution is 2.23. The Balaban J connectivity index is 0.00000261. The van der Waals surface area contributed by atoms with Crippen LogP contribution in [-0.4, -0.2) is 33.8 Å². The number of aromatic nitrogens is 3. The van der Waals surface area contributed by atoms with Gasteiger partial charge in [0.1, 0.15) is 5.01 Å². The summed E-state index contributed by atoms with van der Waals surface area (Å²) in [6.07, 6.45) is 4.77. The first kappa shape index (κ1) is 21.4. The van der Waals surface area contributed by atoms with E-state index in [1.54, 1.807) is 17.5 Å². The Kier molecular flexibility index (Phi) is 9.26. The average Bonchev–Trinajstić information content (AvgIpc) is 3.36. The molecule has 0 saturated heterocycles. The number of aliphatic imine (C=N–C) groups is 1. The number of hydrogen-bond acceptors (Lipinski definition) is 4. The molecule has 3 aromatic rings. The van der Waals surface area contributed by atoms with Crippen LogP contribution in [0.1, 0.15) is 19.0 Å². The van der Waals surface area contributed by atoms with Gasteiger partial charge in [-0.1, -0.05) is 30.3 Å². The van der Waals surface area contributed by atoms with E-state index in [0.29, 0.717) is 6.54 Å². The Bertz CT molecular complexity index is 801. The van der Waals surface area contributed by atoms with Crippen molar-refractivity contribution in [3.63, 3.8) is 0 Å². The van der Waals surface area contributed by atoms with Crippen LogP contribution < -0.4 is 10.6 Å². The monoisotopic (exact) mass is 496 g/mol. The molecule has 3 rings (SSSR count). The van der Waals surface area contributed by atoms with Crippen molar-refractivity contribution in [3.8, 4) is 10.6 Å². The van der Waals surface area contributed by atoms with Crippen molar-refractivity contribution >= 4 is 41.3 Å². The minimum absolute atomic E-state index is 0. The van der Waals surface area contributed by atoms with Gasteiger partial charge in [-0.05, 0) is 19.4 Å². The third-order valence-electron chi connectivity index (χ3n) is 3.73. The van der Waals surface area contributed by atoms with E-state index in [1.165, 1.54) is 0 Å². The van der Waals surface area contributed by atoms with Crippen molar-refractivity contribution in [2.75, 3.05) is 13.1 Å². The number of nitrogens with zero attached hydrogens (tertiary/aromatic N) is 4. The molecule has 0 saturated carbocycles. The summed E-state index contributed by atoms with van der Waals surface area (Å²) < 4.78 is 1.94. The zero-order valence-corrected chi connectivity index (χ0v) is 18.5. The fourth-order valence-corrected chi connectivity index (χ4v) is 3.29. The number of hydrogen-bond donors (Lipinski definition) is 2. The van der Waals surface area contributed by atoms with Crippen LogP contribution in [0.15, 0.2) is 59.2 Å². The first-order valence-electron chi connectivity index (χ1n) is 8.84. The summed E-state index contributed by atoms with van der Waals surface area (Å²) in [5, 5.41) is 14.0. The number of benzene rings is 1. The molecule has 0 unspecified atom stereocenters. The van der Waals surface area contributed by atoms with Gasteiger partial charge in [-0.15, -0.1) is 35.3 Å². The van der Waals surface area contributed by atoms with E-state index in [1.807, 2.05) is 35.1 Å². The Morgan fingerprint density at radius 1 is 1.19 bits per heavy atom. The van der Waals surface area contributed by atoms with Gasteiger partial charge in [0.15, 0.2) is 5.96 Å². The van der Waals surface area contributed by atoms with E-state index in [-0.39, 0.29) is 24.0 Å². The molecule has 1 aromatic carbocycles. The summed E-state index contributed by atoms with van der Waals surface area (Å²) in [4.78, 5) is 9.33. The molecular formula is C19H25IN6S. The fourth-order valence-electron chi connectivity index (χ4n) is 2.48. The van der Waals surface area contributed by atoms with Gasteiger partial charge in [-0.25, -0.2) is 9.98 Å². The molecule has 8 heteroatoms. The molecule has 0 aliphatic carbocycles. The molecule has 0 atom stereocenters. The lowest BCUT2D eigenvalue weighted by molar-refractivity contribution is 0.570. The van der Waals surface area contributed by atoms with Crippen LogP contribution in [0.3, 0.4) is 0 Å². The molecule has 0 radical (unpaired) electrons. The predicted molar refractivity (Wildman–Crippen MR) is 123 cm³/mol. The van der Waals surface area contributed by atoms with Gasteiger partial charge < -0.3 is 10.6 Å². The molecule has 0 spiro atoms. The number of halogens is 1. The quantitative estimate of drug-likeness (QED) is 0.216. The number of rotatable bonds is 8. The van der Waals surface area contributed by atoms with Crippen molar-refractivity contribution in [1.29, 1.82) is 0 Å². The average molecular weight is 496 g/mol. The van der Waals surface area contributed by atoms with Crippen molar-refractivity contribution in [1.82, 2.24) is 25.4 Å². The van der Waals surface area contributed by atoms with Crippen LogP contribution in [0.25, 0.3) is 10.6 Å². The van der Waals surface area contributed by atoms with Crippen LogP contribution in [-0.2, 0) is 13.1 Å². The summed E-state index contributed by atoms with van der Waals surface area (Å²) >= 11 is 1.66. The van der Waals surface area contributed by atoms with Gasteiger partial charge in [0, 0.05) is 43.0 Å². The van der Waals surface area contributed by atoms with Crippen molar-refractivity contribution < 1.29 is 0 Å². The zero-order valence-electron chi connectivity index (χ0n) is 15.3. The number of nitrogens with one attached hydrogen (secondary N) is 2. The van der Waals surface area contributed by atoms with Crippen LogP contribution in [0.4, 0.5) is 0 Å². The largest absolute Gasteiger partial charge is 0.357 e. The second-order valence-corrected chi connectivity index (χ2v) is 6.61. The zero-order chi connectivity index (χ0) is 18.0. The van der Waals surface area contributed by atoms with E-state index >= 15 is 0 Å². The predicted octanol–water partition coefficient (Wildman–Crippen LogP) is 3.77. The molecule has 0 aliphatic heterocycles. The van der Waals surface area contributed by atoms with Crippen molar-refractivity contribution in [2.24, 2.45) is 4.99 Å². The topological polar surface area (TPSA) is 67.1 Å². The van der Waals surface area contributed by atoms with Gasteiger partial charge in [0.2, 0.25) is 0 Å². The van der Waals surface area contributed by atoms with Gasteiger partial charge in [-0.2, -0.15) is 5.10 Å². The van der Waals surface area contributed by atoms with Gasteiger partial charge in [0.25, 0.3) is 0 Å². The minimum Gasteiger partial charge on any atom is -0.357 e. The summed E-state index contributed by atoms with van der Waals surface area (Å²) in [7, 11) is 0. The van der Waals surface area contributed by atoms with E-state index in [9.17, 15) is 0 Å². The third kappa shape index (κ3) is 6.94. The first-order chi connectivity index (χ1) is 12.8. The highest BCUT2D eigenvalue weighted by atomic mass is 127. The molecule has 27 heavy (non-hydrogen) atoms. The molecule has 2 heterocycles. The number of thiazole rings is 1. The summed E-state index contributed by atoms with van der Waals surface area (Å²) in [5.74, 6) is 0.822. The molecule has 2 aromatic heterocycles. The third-order valence-corrected chi connectivity index (χ3v) is 4.67. The van der Waals surface area contributed by atoms with Crippen LogP contribution in [0.2, 0.25) is 0 Å². The number of aryl methyl sites for hydroxylation is 1. The summed E-state index contributed by atoms with van der Waals surface area (Å²) in [5.41, 5.74) is 2.14. The molecule has 0 bridgehead atoms. The van der Waals surface area contributed by atoms with Crippen LogP contribution in [0.5, 0.6) is 0 Å².